The van der Waals surface area contributed by atoms with E-state index in [1.54, 1.807) is 34.8 Å². The number of hydrogen-bond donors (Lipinski definition) is 1. The van der Waals surface area contributed by atoms with Gasteiger partial charge in [0.2, 0.25) is 0 Å². The second-order valence-electron chi connectivity index (χ2n) is 7.01. The second kappa shape index (κ2) is 7.35. The highest BCUT2D eigenvalue weighted by Gasteiger charge is 2.27. The summed E-state index contributed by atoms with van der Waals surface area (Å²) in [4.78, 5) is 26.8. The third kappa shape index (κ3) is 4.88. The fourth-order valence-corrected chi connectivity index (χ4v) is 3.38. The van der Waals surface area contributed by atoms with E-state index < -0.39 is 5.60 Å². The van der Waals surface area contributed by atoms with E-state index in [9.17, 15) is 4.79 Å². The third-order valence-electron chi connectivity index (χ3n) is 3.80. The van der Waals surface area contributed by atoms with Gasteiger partial charge < -0.3 is 15.0 Å². The largest absolute Gasteiger partial charge is 0.444 e. The topological polar surface area (TPSA) is 80.2 Å². The summed E-state index contributed by atoms with van der Waals surface area (Å²) < 4.78 is 5.43. The minimum absolute atomic E-state index is 0.231. The molecule has 0 aromatic carbocycles. The number of nitrogens with one attached hydrogen (secondary N) is 1. The van der Waals surface area contributed by atoms with E-state index in [2.05, 4.69) is 20.3 Å². The van der Waals surface area contributed by atoms with Gasteiger partial charge in [-0.2, -0.15) is 0 Å². The number of aromatic nitrogens is 3. The number of likely N-dealkylation sites (tertiary alicyclic amines) is 1. The zero-order valence-corrected chi connectivity index (χ0v) is 15.5. The van der Waals surface area contributed by atoms with Gasteiger partial charge in [0, 0.05) is 36.9 Å². The number of anilines is 1. The van der Waals surface area contributed by atoms with Crippen molar-refractivity contribution in [1.82, 2.24) is 19.9 Å². The van der Waals surface area contributed by atoms with E-state index >= 15 is 0 Å². The van der Waals surface area contributed by atoms with Gasteiger partial charge in [-0.05, 0) is 33.6 Å². The third-order valence-corrected chi connectivity index (χ3v) is 4.58. The zero-order chi connectivity index (χ0) is 17.9. The number of ether oxygens (including phenoxy) is 1. The number of rotatable bonds is 3. The summed E-state index contributed by atoms with van der Waals surface area (Å²) >= 11 is 1.56. The molecule has 0 saturated carbocycles. The predicted octanol–water partition coefficient (Wildman–Crippen LogP) is 3.41. The van der Waals surface area contributed by atoms with Gasteiger partial charge in [-0.25, -0.2) is 9.78 Å². The molecule has 0 aliphatic carbocycles. The Kier molecular flexibility index (Phi) is 5.17. The van der Waals surface area contributed by atoms with E-state index in [0.29, 0.717) is 19.1 Å². The first kappa shape index (κ1) is 17.6. The molecule has 25 heavy (non-hydrogen) atoms. The first-order valence-electron chi connectivity index (χ1n) is 8.37. The molecule has 7 nitrogen and oxygen atoms in total. The van der Waals surface area contributed by atoms with Crippen molar-refractivity contribution in [2.24, 2.45) is 0 Å². The first-order chi connectivity index (χ1) is 11.9. The number of thiazole rings is 1. The number of amides is 1. The smallest absolute Gasteiger partial charge is 0.410 e. The van der Waals surface area contributed by atoms with Crippen LogP contribution in [0, 0.1) is 0 Å². The van der Waals surface area contributed by atoms with Crippen molar-refractivity contribution in [2.45, 2.75) is 45.3 Å². The summed E-state index contributed by atoms with van der Waals surface area (Å²) in [6.07, 6.45) is 6.53. The summed E-state index contributed by atoms with van der Waals surface area (Å²) in [7, 11) is 0. The van der Waals surface area contributed by atoms with Crippen molar-refractivity contribution < 1.29 is 9.53 Å². The molecule has 8 heteroatoms. The van der Waals surface area contributed by atoms with Gasteiger partial charge in [0.1, 0.15) is 17.0 Å². The molecule has 1 aliphatic heterocycles. The highest BCUT2D eigenvalue weighted by atomic mass is 32.1. The minimum atomic E-state index is -0.455. The van der Waals surface area contributed by atoms with E-state index in [1.807, 2.05) is 26.2 Å². The molecule has 3 rings (SSSR count). The normalized spacial score (nSPS) is 15.9. The second-order valence-corrected chi connectivity index (χ2v) is 7.87. The van der Waals surface area contributed by atoms with Crippen molar-refractivity contribution in [3.05, 3.63) is 24.0 Å². The van der Waals surface area contributed by atoms with E-state index in [-0.39, 0.29) is 6.09 Å². The molecule has 3 heterocycles. The lowest BCUT2D eigenvalue weighted by Crippen LogP contribution is -2.44. The highest BCUT2D eigenvalue weighted by Crippen LogP contribution is 2.25. The van der Waals surface area contributed by atoms with Crippen LogP contribution in [0.25, 0.3) is 11.4 Å². The number of hydrogen-bond acceptors (Lipinski definition) is 7. The van der Waals surface area contributed by atoms with Crippen LogP contribution in [0.4, 0.5) is 9.93 Å². The SMILES string of the molecule is CC(C)(C)OC(=O)N1CCC(Nc2nc(-c3cnccn3)cs2)CC1. The Morgan fingerprint density at radius 2 is 2.04 bits per heavy atom. The average Bonchev–Trinajstić information content (AvgIpc) is 3.03. The lowest BCUT2D eigenvalue weighted by Gasteiger charge is -2.33. The highest BCUT2D eigenvalue weighted by molar-refractivity contribution is 7.14. The maximum Gasteiger partial charge on any atom is 0.410 e. The molecular weight excluding hydrogens is 338 g/mol. The van der Waals surface area contributed by atoms with E-state index in [4.69, 9.17) is 4.74 Å². The molecule has 0 spiro atoms. The van der Waals surface area contributed by atoms with Crippen molar-refractivity contribution in [1.29, 1.82) is 0 Å². The van der Waals surface area contributed by atoms with Crippen molar-refractivity contribution in [2.75, 3.05) is 18.4 Å². The molecule has 1 amide bonds. The Morgan fingerprint density at radius 1 is 1.28 bits per heavy atom. The monoisotopic (exact) mass is 361 g/mol. The number of carbonyl (C=O) groups excluding carboxylic acids is 1. The van der Waals surface area contributed by atoms with Crippen molar-refractivity contribution >= 4 is 22.6 Å². The zero-order valence-electron chi connectivity index (χ0n) is 14.7. The standard InChI is InChI=1S/C17H23N5O2S/c1-17(2,3)24-16(23)22-8-4-12(5-9-22)20-15-21-14(11-25-15)13-10-18-6-7-19-13/h6-7,10-12H,4-5,8-9H2,1-3H3,(H,20,21). The lowest BCUT2D eigenvalue weighted by molar-refractivity contribution is 0.0210. The Balaban J connectivity index is 1.51. The molecule has 134 valence electrons. The molecule has 0 atom stereocenters. The molecule has 1 fully saturated rings. The van der Waals surface area contributed by atoms with Gasteiger partial charge in [0.05, 0.1) is 6.20 Å². The van der Waals surface area contributed by atoms with Gasteiger partial charge in [-0.3, -0.25) is 9.97 Å². The van der Waals surface area contributed by atoms with Gasteiger partial charge in [0.15, 0.2) is 5.13 Å². The molecule has 2 aromatic heterocycles. The summed E-state index contributed by atoms with van der Waals surface area (Å²) in [5.41, 5.74) is 1.14. The molecular formula is C17H23N5O2S. The van der Waals surface area contributed by atoms with Gasteiger partial charge in [-0.1, -0.05) is 0 Å². The number of nitrogens with zero attached hydrogens (tertiary/aromatic N) is 4. The summed E-state index contributed by atoms with van der Waals surface area (Å²) in [5, 5.41) is 6.31. The molecule has 0 bridgehead atoms. The van der Waals surface area contributed by atoms with Crippen molar-refractivity contribution in [3.63, 3.8) is 0 Å². The molecule has 1 aliphatic rings. The summed E-state index contributed by atoms with van der Waals surface area (Å²) in [6.45, 7) is 7.03. The van der Waals surface area contributed by atoms with Gasteiger partial charge in [-0.15, -0.1) is 11.3 Å². The molecule has 1 saturated heterocycles. The number of carbonyl (C=O) groups is 1. The quantitative estimate of drug-likeness (QED) is 0.902. The maximum absolute atomic E-state index is 12.1. The van der Waals surface area contributed by atoms with Crippen molar-refractivity contribution in [3.8, 4) is 11.4 Å². The van der Waals surface area contributed by atoms with Crippen LogP contribution in [0.15, 0.2) is 24.0 Å². The Bertz CT molecular complexity index is 705. The Labute approximate surface area is 151 Å². The first-order valence-corrected chi connectivity index (χ1v) is 9.25. The maximum atomic E-state index is 12.1. The van der Waals surface area contributed by atoms with Crippen LogP contribution in [-0.2, 0) is 4.74 Å². The molecule has 0 radical (unpaired) electrons. The Hall–Kier alpha value is -2.22. The summed E-state index contributed by atoms with van der Waals surface area (Å²) in [6, 6.07) is 0.305. The van der Waals surface area contributed by atoms with Crippen LogP contribution >= 0.6 is 11.3 Å². The molecule has 2 aromatic rings. The van der Waals surface area contributed by atoms with Crippen LogP contribution in [0.5, 0.6) is 0 Å². The van der Waals surface area contributed by atoms with Crippen LogP contribution < -0.4 is 5.32 Å². The fourth-order valence-electron chi connectivity index (χ4n) is 2.60. The molecule has 1 N–H and O–H groups in total. The molecule has 0 unspecified atom stereocenters. The van der Waals surface area contributed by atoms with Crippen LogP contribution in [0.1, 0.15) is 33.6 Å². The van der Waals surface area contributed by atoms with Gasteiger partial charge in [0.25, 0.3) is 0 Å². The number of piperidine rings is 1. The fraction of sp³-hybridized carbons (Fsp3) is 0.529. The predicted molar refractivity (Wildman–Crippen MR) is 97.6 cm³/mol. The Morgan fingerprint density at radius 3 is 2.68 bits per heavy atom. The van der Waals surface area contributed by atoms with E-state index in [1.165, 1.54) is 0 Å². The van der Waals surface area contributed by atoms with Gasteiger partial charge >= 0.3 is 6.09 Å². The average molecular weight is 361 g/mol. The lowest BCUT2D eigenvalue weighted by atomic mass is 10.1. The summed E-state index contributed by atoms with van der Waals surface area (Å²) in [5.74, 6) is 0. The van der Waals surface area contributed by atoms with Crippen LogP contribution in [0.2, 0.25) is 0 Å². The van der Waals surface area contributed by atoms with Crippen LogP contribution in [-0.4, -0.2) is 50.7 Å². The van der Waals surface area contributed by atoms with Crippen LogP contribution in [0.3, 0.4) is 0 Å². The minimum Gasteiger partial charge on any atom is -0.444 e. The van der Waals surface area contributed by atoms with E-state index in [0.717, 1.165) is 29.4 Å².